The maximum absolute atomic E-state index is 11.7. The molecule has 1 fully saturated rings. The van der Waals surface area contributed by atoms with E-state index in [0.717, 1.165) is 44.1 Å². The van der Waals surface area contributed by atoms with Gasteiger partial charge in [0.2, 0.25) is 0 Å². The Morgan fingerprint density at radius 3 is 2.89 bits per heavy atom. The number of furan rings is 1. The summed E-state index contributed by atoms with van der Waals surface area (Å²) in [4.78, 5) is 16.3. The number of aliphatic imine (C=N–C) groups is 1. The zero-order valence-electron chi connectivity index (χ0n) is 16.3. The largest absolute Gasteiger partial charge is 0.467 e. The Labute approximate surface area is 161 Å². The molecule has 1 saturated carbocycles. The number of ether oxygens (including phenoxy) is 2. The first-order valence-corrected chi connectivity index (χ1v) is 9.78. The van der Waals surface area contributed by atoms with E-state index in [9.17, 15) is 4.79 Å². The fraction of sp³-hybridized carbons (Fsp3) is 0.684. The van der Waals surface area contributed by atoms with Gasteiger partial charge >= 0.3 is 6.09 Å². The molecule has 1 amide bonds. The molecule has 2 rings (SSSR count). The quantitative estimate of drug-likeness (QED) is 0.292. The van der Waals surface area contributed by atoms with Crippen LogP contribution in [0, 0.1) is 5.92 Å². The summed E-state index contributed by atoms with van der Waals surface area (Å²) in [7, 11) is 0. The molecule has 1 aromatic heterocycles. The summed E-state index contributed by atoms with van der Waals surface area (Å²) in [6.07, 6.45) is 4.40. The summed E-state index contributed by atoms with van der Waals surface area (Å²) in [5.41, 5.74) is 0. The molecule has 0 saturated heterocycles. The first-order chi connectivity index (χ1) is 13.2. The highest BCUT2D eigenvalue weighted by atomic mass is 16.5. The molecule has 3 N–H and O–H groups in total. The fourth-order valence-corrected chi connectivity index (χ4v) is 2.62. The molecule has 1 heterocycles. The number of nitrogens with zero attached hydrogens (tertiary/aromatic N) is 1. The van der Waals surface area contributed by atoms with Crippen LogP contribution in [0.25, 0.3) is 0 Å². The first kappa shape index (κ1) is 21.1. The Morgan fingerprint density at radius 1 is 1.37 bits per heavy atom. The van der Waals surface area contributed by atoms with E-state index < -0.39 is 0 Å². The average molecular weight is 380 g/mol. The van der Waals surface area contributed by atoms with Crippen molar-refractivity contribution < 1.29 is 18.7 Å². The summed E-state index contributed by atoms with van der Waals surface area (Å²) < 4.78 is 15.8. The van der Waals surface area contributed by atoms with Gasteiger partial charge in [-0.25, -0.2) is 4.79 Å². The topological polar surface area (TPSA) is 97.1 Å². The highest BCUT2D eigenvalue weighted by Gasteiger charge is 2.32. The number of amides is 1. The van der Waals surface area contributed by atoms with Crippen molar-refractivity contribution in [3.05, 3.63) is 24.2 Å². The number of alkyl carbamates (subject to hydrolysis) is 1. The lowest BCUT2D eigenvalue weighted by molar-refractivity contribution is 0.105. The van der Waals surface area contributed by atoms with Crippen LogP contribution in [0.2, 0.25) is 0 Å². The normalized spacial score (nSPS) is 15.3. The van der Waals surface area contributed by atoms with Crippen LogP contribution in [0.1, 0.15) is 38.9 Å². The number of carbonyl (C=O) groups excluding carboxylic acids is 1. The molecule has 0 bridgehead atoms. The zero-order valence-corrected chi connectivity index (χ0v) is 16.3. The Balaban J connectivity index is 1.67. The third kappa shape index (κ3) is 8.81. The molecule has 1 unspecified atom stereocenters. The number of hydrogen-bond acceptors (Lipinski definition) is 5. The minimum atomic E-state index is -0.365. The lowest BCUT2D eigenvalue weighted by Crippen LogP contribution is -2.42. The predicted molar refractivity (Wildman–Crippen MR) is 104 cm³/mol. The first-order valence-electron chi connectivity index (χ1n) is 9.78. The second-order valence-electron chi connectivity index (χ2n) is 6.44. The standard InChI is InChI=1S/C19H32N4O4/c1-3-20-18(21-10-6-11-25-14-16-7-5-12-27-16)22-13-17(15-8-9-15)23-19(24)26-4-2/h5,7,12,15,17H,3-4,6,8-11,13-14H2,1-2H3,(H,23,24)(H2,20,21,22). The second kappa shape index (κ2) is 12.2. The van der Waals surface area contributed by atoms with Gasteiger partial charge in [0.15, 0.2) is 5.96 Å². The summed E-state index contributed by atoms with van der Waals surface area (Å²) >= 11 is 0. The number of hydrogen-bond donors (Lipinski definition) is 3. The van der Waals surface area contributed by atoms with Gasteiger partial charge in [0, 0.05) is 19.7 Å². The molecule has 27 heavy (non-hydrogen) atoms. The van der Waals surface area contributed by atoms with E-state index in [0.29, 0.717) is 32.3 Å². The van der Waals surface area contributed by atoms with Crippen LogP contribution < -0.4 is 16.0 Å². The number of carbonyl (C=O) groups is 1. The van der Waals surface area contributed by atoms with Crippen molar-refractivity contribution >= 4 is 12.1 Å². The van der Waals surface area contributed by atoms with Crippen LogP contribution in [0.5, 0.6) is 0 Å². The van der Waals surface area contributed by atoms with Crippen LogP contribution in [-0.2, 0) is 16.1 Å². The monoisotopic (exact) mass is 380 g/mol. The van der Waals surface area contributed by atoms with E-state index in [1.54, 1.807) is 13.2 Å². The van der Waals surface area contributed by atoms with E-state index in [-0.39, 0.29) is 12.1 Å². The highest BCUT2D eigenvalue weighted by molar-refractivity contribution is 5.79. The van der Waals surface area contributed by atoms with E-state index in [1.165, 1.54) is 0 Å². The summed E-state index contributed by atoms with van der Waals surface area (Å²) in [6, 6.07) is 3.77. The minimum Gasteiger partial charge on any atom is -0.467 e. The zero-order chi connectivity index (χ0) is 19.3. The summed E-state index contributed by atoms with van der Waals surface area (Å²) in [5, 5.41) is 9.45. The van der Waals surface area contributed by atoms with Crippen molar-refractivity contribution in [3.8, 4) is 0 Å². The Bertz CT molecular complexity index is 558. The van der Waals surface area contributed by atoms with Gasteiger partial charge in [-0.1, -0.05) is 0 Å². The highest BCUT2D eigenvalue weighted by Crippen LogP contribution is 2.32. The third-order valence-corrected chi connectivity index (χ3v) is 4.14. The van der Waals surface area contributed by atoms with Crippen LogP contribution in [-0.4, -0.2) is 50.9 Å². The molecule has 1 aliphatic carbocycles. The van der Waals surface area contributed by atoms with Gasteiger partial charge in [0.25, 0.3) is 0 Å². The molecular formula is C19H32N4O4. The Morgan fingerprint density at radius 2 is 2.22 bits per heavy atom. The molecule has 152 valence electrons. The molecular weight excluding hydrogens is 348 g/mol. The van der Waals surface area contributed by atoms with Gasteiger partial charge in [-0.3, -0.25) is 4.99 Å². The van der Waals surface area contributed by atoms with Crippen molar-refractivity contribution in [1.29, 1.82) is 0 Å². The molecule has 8 nitrogen and oxygen atoms in total. The van der Waals surface area contributed by atoms with Crippen molar-refractivity contribution in [2.45, 2.75) is 45.8 Å². The van der Waals surface area contributed by atoms with Gasteiger partial charge in [-0.15, -0.1) is 0 Å². The molecule has 8 heteroatoms. The molecule has 0 aromatic carbocycles. The number of nitrogens with one attached hydrogen (secondary N) is 3. The third-order valence-electron chi connectivity index (χ3n) is 4.14. The smallest absolute Gasteiger partial charge is 0.407 e. The second-order valence-corrected chi connectivity index (χ2v) is 6.44. The van der Waals surface area contributed by atoms with E-state index in [2.05, 4.69) is 20.9 Å². The average Bonchev–Trinajstić information content (AvgIpc) is 3.37. The maximum atomic E-state index is 11.7. The van der Waals surface area contributed by atoms with Crippen LogP contribution in [0.15, 0.2) is 27.8 Å². The van der Waals surface area contributed by atoms with Crippen molar-refractivity contribution in [3.63, 3.8) is 0 Å². The molecule has 1 atom stereocenters. The van der Waals surface area contributed by atoms with Gasteiger partial charge in [-0.2, -0.15) is 0 Å². The van der Waals surface area contributed by atoms with E-state index in [1.807, 2.05) is 19.1 Å². The lowest BCUT2D eigenvalue weighted by atomic mass is 10.2. The number of guanidine groups is 1. The Hall–Kier alpha value is -2.22. The van der Waals surface area contributed by atoms with E-state index in [4.69, 9.17) is 13.9 Å². The predicted octanol–water partition coefficient (Wildman–Crippen LogP) is 2.27. The number of rotatable bonds is 12. The molecule has 0 spiro atoms. The SMILES string of the molecule is CCNC(=NCC(NC(=O)OCC)C1CC1)NCCCOCc1ccco1. The molecule has 0 radical (unpaired) electrons. The van der Waals surface area contributed by atoms with Gasteiger partial charge in [0.05, 0.1) is 25.5 Å². The summed E-state index contributed by atoms with van der Waals surface area (Å²) in [5.74, 6) is 2.08. The maximum Gasteiger partial charge on any atom is 0.407 e. The molecule has 1 aromatic rings. The van der Waals surface area contributed by atoms with Crippen LogP contribution in [0.4, 0.5) is 4.79 Å². The Kier molecular flexibility index (Phi) is 9.54. The van der Waals surface area contributed by atoms with E-state index >= 15 is 0 Å². The van der Waals surface area contributed by atoms with Crippen molar-refractivity contribution in [2.24, 2.45) is 10.9 Å². The van der Waals surface area contributed by atoms with Gasteiger partial charge < -0.3 is 29.8 Å². The lowest BCUT2D eigenvalue weighted by Gasteiger charge is -2.17. The van der Waals surface area contributed by atoms with Crippen LogP contribution in [0.3, 0.4) is 0 Å². The fourth-order valence-electron chi connectivity index (χ4n) is 2.62. The molecule has 1 aliphatic rings. The minimum absolute atomic E-state index is 0.0242. The van der Waals surface area contributed by atoms with Crippen molar-refractivity contribution in [2.75, 3.05) is 32.8 Å². The van der Waals surface area contributed by atoms with Gasteiger partial charge in [-0.05, 0) is 51.2 Å². The van der Waals surface area contributed by atoms with Gasteiger partial charge in [0.1, 0.15) is 12.4 Å². The molecule has 0 aliphatic heterocycles. The van der Waals surface area contributed by atoms with Crippen LogP contribution >= 0.6 is 0 Å². The summed E-state index contributed by atoms with van der Waals surface area (Å²) in [6.45, 7) is 7.40. The van der Waals surface area contributed by atoms with Crippen molar-refractivity contribution in [1.82, 2.24) is 16.0 Å².